The average Bonchev–Trinajstić information content (AvgIpc) is 2.98. The topological polar surface area (TPSA) is 91.9 Å². The molecule has 2 aromatic rings. The lowest BCUT2D eigenvalue weighted by Gasteiger charge is -2.23. The zero-order valence-electron chi connectivity index (χ0n) is 12.7. The number of anilines is 1. The summed E-state index contributed by atoms with van der Waals surface area (Å²) < 4.78 is 43.5. The number of hydrogen-bond donors (Lipinski definition) is 3. The molecule has 1 aliphatic heterocycles. The van der Waals surface area contributed by atoms with Gasteiger partial charge in [-0.3, -0.25) is 14.9 Å². The molecule has 1 amide bonds. The van der Waals surface area contributed by atoms with Crippen LogP contribution >= 0.6 is 11.6 Å². The van der Waals surface area contributed by atoms with E-state index in [2.05, 4.69) is 20.7 Å². The molecule has 3 heterocycles. The van der Waals surface area contributed by atoms with Crippen LogP contribution in [0.2, 0.25) is 5.02 Å². The van der Waals surface area contributed by atoms with Crippen molar-refractivity contribution in [3.05, 3.63) is 40.4 Å². The lowest BCUT2D eigenvalue weighted by molar-refractivity contribution is -0.141. The van der Waals surface area contributed by atoms with E-state index in [1.807, 2.05) is 5.10 Å². The first kappa shape index (κ1) is 17.6. The number of rotatable bonds is 3. The van der Waals surface area contributed by atoms with Gasteiger partial charge in [0, 0.05) is 13.1 Å². The van der Waals surface area contributed by atoms with Gasteiger partial charge in [0.1, 0.15) is 16.8 Å². The highest BCUT2D eigenvalue weighted by atomic mass is 35.5. The normalized spacial score (nSPS) is 18.2. The predicted molar refractivity (Wildman–Crippen MR) is 82.4 cm³/mol. The minimum Gasteiger partial charge on any atom is -0.369 e. The molecule has 7 nitrogen and oxygen atoms in total. The summed E-state index contributed by atoms with van der Waals surface area (Å²) in [5.41, 5.74) is -0.825. The van der Waals surface area contributed by atoms with Gasteiger partial charge >= 0.3 is 6.18 Å². The highest BCUT2D eigenvalue weighted by Crippen LogP contribution is 2.34. The van der Waals surface area contributed by atoms with Gasteiger partial charge in [-0.05, 0) is 12.1 Å². The number of carbonyl (C=O) groups is 1. The Kier molecular flexibility index (Phi) is 4.93. The number of halogens is 4. The maximum absolute atomic E-state index is 12.6. The summed E-state index contributed by atoms with van der Waals surface area (Å²) in [6.45, 7) is 1.98. The highest BCUT2D eigenvalue weighted by molar-refractivity contribution is 6.34. The van der Waals surface area contributed by atoms with Gasteiger partial charge in [-0.1, -0.05) is 11.6 Å². The molecule has 0 aliphatic carbocycles. The number of aromatic nitrogens is 3. The average molecular weight is 376 g/mol. The van der Waals surface area contributed by atoms with E-state index in [1.165, 1.54) is 6.20 Å². The molecule has 134 valence electrons. The Morgan fingerprint density at radius 2 is 2.20 bits per heavy atom. The van der Waals surface area contributed by atoms with Gasteiger partial charge in [-0.2, -0.15) is 18.3 Å². The fraction of sp³-hybridized carbons (Fsp3) is 0.357. The number of hydrogen-bond acceptors (Lipinski definition) is 5. The van der Waals surface area contributed by atoms with E-state index < -0.39 is 28.5 Å². The number of morpholine rings is 1. The van der Waals surface area contributed by atoms with Gasteiger partial charge in [-0.25, -0.2) is 0 Å². The lowest BCUT2D eigenvalue weighted by Crippen LogP contribution is -2.33. The van der Waals surface area contributed by atoms with Crippen LogP contribution in [-0.2, 0) is 10.9 Å². The minimum absolute atomic E-state index is 0.185. The summed E-state index contributed by atoms with van der Waals surface area (Å²) in [6, 6.07) is 3.25. The lowest BCUT2D eigenvalue weighted by atomic mass is 10.2. The van der Waals surface area contributed by atoms with E-state index in [0.717, 1.165) is 6.54 Å². The van der Waals surface area contributed by atoms with Gasteiger partial charge in [-0.15, -0.1) is 0 Å². The predicted octanol–water partition coefficient (Wildman–Crippen LogP) is 2.39. The van der Waals surface area contributed by atoms with Crippen molar-refractivity contribution >= 4 is 23.2 Å². The Bertz CT molecular complexity index is 757. The third-order valence-electron chi connectivity index (χ3n) is 3.50. The van der Waals surface area contributed by atoms with Crippen LogP contribution in [0.1, 0.15) is 28.0 Å². The number of nitrogens with one attached hydrogen (secondary N) is 3. The van der Waals surface area contributed by atoms with Crippen molar-refractivity contribution in [1.29, 1.82) is 0 Å². The number of amides is 1. The Balaban J connectivity index is 1.70. The first-order valence-corrected chi connectivity index (χ1v) is 7.64. The molecule has 0 saturated carbocycles. The zero-order chi connectivity index (χ0) is 18.0. The number of alkyl halides is 3. The van der Waals surface area contributed by atoms with Crippen LogP contribution in [-0.4, -0.2) is 40.8 Å². The molecule has 1 saturated heterocycles. The summed E-state index contributed by atoms with van der Waals surface area (Å²) >= 11 is 5.58. The van der Waals surface area contributed by atoms with Crippen LogP contribution in [0, 0.1) is 0 Å². The van der Waals surface area contributed by atoms with Crippen molar-refractivity contribution in [3.8, 4) is 0 Å². The third kappa shape index (κ3) is 3.91. The first-order chi connectivity index (χ1) is 11.9. The second-order valence-electron chi connectivity index (χ2n) is 5.25. The van der Waals surface area contributed by atoms with Gasteiger partial charge in [0.2, 0.25) is 0 Å². The van der Waals surface area contributed by atoms with Crippen molar-refractivity contribution in [2.45, 2.75) is 12.3 Å². The number of nitrogens with zero attached hydrogens (tertiary/aromatic N) is 2. The van der Waals surface area contributed by atoms with E-state index in [-0.39, 0.29) is 6.10 Å². The van der Waals surface area contributed by atoms with Crippen molar-refractivity contribution in [3.63, 3.8) is 0 Å². The molecule has 3 N–H and O–H groups in total. The van der Waals surface area contributed by atoms with Crippen molar-refractivity contribution in [2.24, 2.45) is 0 Å². The molecule has 0 spiro atoms. The molecule has 1 aliphatic rings. The zero-order valence-corrected chi connectivity index (χ0v) is 13.4. The molecular weight excluding hydrogens is 363 g/mol. The van der Waals surface area contributed by atoms with Crippen molar-refractivity contribution in [1.82, 2.24) is 20.5 Å². The molecule has 25 heavy (non-hydrogen) atoms. The van der Waals surface area contributed by atoms with Gasteiger partial charge < -0.3 is 15.4 Å². The third-order valence-corrected chi connectivity index (χ3v) is 3.87. The number of aromatic amines is 1. The number of pyridine rings is 1. The van der Waals surface area contributed by atoms with E-state index in [0.29, 0.717) is 24.5 Å². The van der Waals surface area contributed by atoms with E-state index >= 15 is 0 Å². The highest BCUT2D eigenvalue weighted by Gasteiger charge is 2.38. The molecule has 1 fully saturated rings. The standard InChI is InChI=1S/C14H13ClF3N5O2/c15-10-11(22-23-12(10)14(16,17)18)13(24)21-7-1-2-8(20-5-7)9-6-19-3-4-25-9/h1-2,5,9,19H,3-4,6H2,(H,21,24)(H,22,23)/t9-/m0/s1. The monoisotopic (exact) mass is 375 g/mol. The maximum atomic E-state index is 12.6. The summed E-state index contributed by atoms with van der Waals surface area (Å²) in [4.78, 5) is 16.3. The maximum Gasteiger partial charge on any atom is 0.436 e. The van der Waals surface area contributed by atoms with Crippen LogP contribution in [0.15, 0.2) is 18.3 Å². The van der Waals surface area contributed by atoms with Crippen LogP contribution in [0.25, 0.3) is 0 Å². The molecule has 0 aromatic carbocycles. The molecule has 1 atom stereocenters. The fourth-order valence-electron chi connectivity index (χ4n) is 2.29. The Morgan fingerprint density at radius 3 is 2.76 bits per heavy atom. The summed E-state index contributed by atoms with van der Waals surface area (Å²) in [5.74, 6) is -0.849. The van der Waals surface area contributed by atoms with E-state index in [1.54, 1.807) is 12.1 Å². The smallest absolute Gasteiger partial charge is 0.369 e. The molecule has 2 aromatic heterocycles. The molecule has 0 radical (unpaired) electrons. The SMILES string of the molecule is O=C(Nc1ccc([C@@H]2CNCCO2)nc1)c1[nH]nc(C(F)(F)F)c1Cl. The van der Waals surface area contributed by atoms with Crippen LogP contribution in [0.5, 0.6) is 0 Å². The molecule has 0 unspecified atom stereocenters. The number of H-pyrrole nitrogens is 1. The van der Waals surface area contributed by atoms with Crippen molar-refractivity contribution < 1.29 is 22.7 Å². The Morgan fingerprint density at radius 1 is 1.40 bits per heavy atom. The van der Waals surface area contributed by atoms with Gasteiger partial charge in [0.25, 0.3) is 5.91 Å². The van der Waals surface area contributed by atoms with E-state index in [9.17, 15) is 18.0 Å². The fourth-order valence-corrected chi connectivity index (χ4v) is 2.56. The second kappa shape index (κ2) is 6.98. The molecule has 3 rings (SSSR count). The number of ether oxygens (including phenoxy) is 1. The van der Waals surface area contributed by atoms with Crippen molar-refractivity contribution in [2.75, 3.05) is 25.0 Å². The Hall–Kier alpha value is -2.17. The quantitative estimate of drug-likeness (QED) is 0.766. The number of carbonyl (C=O) groups excluding carboxylic acids is 1. The van der Waals surface area contributed by atoms with Crippen LogP contribution in [0.4, 0.5) is 18.9 Å². The largest absolute Gasteiger partial charge is 0.436 e. The van der Waals surface area contributed by atoms with Gasteiger partial charge in [0.15, 0.2) is 5.69 Å². The van der Waals surface area contributed by atoms with Crippen LogP contribution < -0.4 is 10.6 Å². The first-order valence-electron chi connectivity index (χ1n) is 7.27. The van der Waals surface area contributed by atoms with Crippen LogP contribution in [0.3, 0.4) is 0 Å². The summed E-state index contributed by atoms with van der Waals surface area (Å²) in [7, 11) is 0. The molecule has 0 bridgehead atoms. The molecule has 11 heteroatoms. The Labute approximate surface area is 144 Å². The molecular formula is C14H13ClF3N5O2. The second-order valence-corrected chi connectivity index (χ2v) is 5.63. The van der Waals surface area contributed by atoms with Gasteiger partial charge in [0.05, 0.1) is 24.2 Å². The minimum atomic E-state index is -4.75. The van der Waals surface area contributed by atoms with E-state index in [4.69, 9.17) is 16.3 Å². The summed E-state index contributed by atoms with van der Waals surface area (Å²) in [5, 5.41) is 9.85. The summed E-state index contributed by atoms with van der Waals surface area (Å²) in [6.07, 6.45) is -3.54.